The number of rotatable bonds is 3. The van der Waals surface area contributed by atoms with Crippen molar-refractivity contribution in [3.05, 3.63) is 30.6 Å². The van der Waals surface area contributed by atoms with Gasteiger partial charge in [-0.25, -0.2) is 9.97 Å². The van der Waals surface area contributed by atoms with Gasteiger partial charge in [0.25, 0.3) is 0 Å². The highest BCUT2D eigenvalue weighted by Crippen LogP contribution is 2.48. The average molecular weight is 259 g/mol. The molecule has 2 aliphatic rings. The number of carbonyl (C=O) groups is 2. The van der Waals surface area contributed by atoms with Gasteiger partial charge in [-0.05, 0) is 24.3 Å². The summed E-state index contributed by atoms with van der Waals surface area (Å²) < 4.78 is 0. The van der Waals surface area contributed by atoms with Gasteiger partial charge < -0.3 is 5.11 Å². The number of nitrogens with zero attached hydrogens (tertiary/aromatic N) is 2. The molecule has 1 fully saturated rings. The average Bonchev–Trinajstić information content (AvgIpc) is 2.99. The number of nitrogens with one attached hydrogen (secondary N) is 1. The van der Waals surface area contributed by atoms with Crippen molar-refractivity contribution >= 4 is 17.8 Å². The Morgan fingerprint density at radius 1 is 1.16 bits per heavy atom. The van der Waals surface area contributed by atoms with E-state index < -0.39 is 17.8 Å². The molecule has 2 unspecified atom stereocenters. The number of allylic oxidation sites excluding steroid dienone is 2. The molecule has 1 heterocycles. The highest BCUT2D eigenvalue weighted by atomic mass is 16.4. The van der Waals surface area contributed by atoms with Gasteiger partial charge in [-0.1, -0.05) is 12.2 Å². The van der Waals surface area contributed by atoms with E-state index in [9.17, 15) is 14.7 Å². The summed E-state index contributed by atoms with van der Waals surface area (Å²) in [5.41, 5.74) is 0. The first-order valence-corrected chi connectivity index (χ1v) is 6.16. The van der Waals surface area contributed by atoms with Crippen LogP contribution in [0.5, 0.6) is 0 Å². The van der Waals surface area contributed by atoms with Crippen LogP contribution in [0.15, 0.2) is 30.6 Å². The monoisotopic (exact) mass is 259 g/mol. The van der Waals surface area contributed by atoms with Crippen molar-refractivity contribution in [1.29, 1.82) is 0 Å². The second-order valence-corrected chi connectivity index (χ2v) is 4.90. The number of carboxylic acid groups (broad SMARTS) is 1. The maximum absolute atomic E-state index is 12.2. The molecule has 98 valence electrons. The number of carbonyl (C=O) groups excluding carboxylic acids is 1. The standard InChI is InChI=1S/C13H13N3O3/c17-11(16-13-14-4-1-5-15-13)9-7-2-3-8(6-7)10(9)12(18)19/h1-5,7-10H,6H2,(H,18,19)(H,14,15,16,17)/t7?,8?,9-,10+/m0/s1. The summed E-state index contributed by atoms with van der Waals surface area (Å²) in [5.74, 6) is -2.20. The lowest BCUT2D eigenvalue weighted by Gasteiger charge is -2.23. The molecule has 19 heavy (non-hydrogen) atoms. The normalized spacial score (nSPS) is 31.4. The fraction of sp³-hybridized carbons (Fsp3) is 0.385. The summed E-state index contributed by atoms with van der Waals surface area (Å²) in [5, 5.41) is 11.9. The van der Waals surface area contributed by atoms with Crippen LogP contribution >= 0.6 is 0 Å². The maximum Gasteiger partial charge on any atom is 0.307 e. The van der Waals surface area contributed by atoms with E-state index in [2.05, 4.69) is 15.3 Å². The third-order valence-corrected chi connectivity index (χ3v) is 3.85. The molecule has 0 saturated heterocycles. The Morgan fingerprint density at radius 2 is 1.79 bits per heavy atom. The van der Waals surface area contributed by atoms with Gasteiger partial charge in [-0.3, -0.25) is 14.9 Å². The van der Waals surface area contributed by atoms with E-state index >= 15 is 0 Å². The van der Waals surface area contributed by atoms with Gasteiger partial charge >= 0.3 is 5.97 Å². The lowest BCUT2D eigenvalue weighted by molar-refractivity contribution is -0.146. The predicted octanol–water partition coefficient (Wildman–Crippen LogP) is 0.938. The molecule has 0 spiro atoms. The van der Waals surface area contributed by atoms with Crippen LogP contribution in [-0.2, 0) is 9.59 Å². The van der Waals surface area contributed by atoms with Gasteiger partial charge in [0.15, 0.2) is 0 Å². The van der Waals surface area contributed by atoms with Crippen LogP contribution in [0.2, 0.25) is 0 Å². The fourth-order valence-electron chi connectivity index (χ4n) is 3.07. The molecular weight excluding hydrogens is 246 g/mol. The van der Waals surface area contributed by atoms with Crippen LogP contribution in [0, 0.1) is 23.7 Å². The molecular formula is C13H13N3O3. The summed E-state index contributed by atoms with van der Waals surface area (Å²) in [7, 11) is 0. The second kappa shape index (κ2) is 4.46. The summed E-state index contributed by atoms with van der Waals surface area (Å²) >= 11 is 0. The van der Waals surface area contributed by atoms with Gasteiger partial charge in [0, 0.05) is 12.4 Å². The van der Waals surface area contributed by atoms with Crippen LogP contribution in [-0.4, -0.2) is 27.0 Å². The lowest BCUT2D eigenvalue weighted by atomic mass is 9.82. The van der Waals surface area contributed by atoms with E-state index in [-0.39, 0.29) is 23.7 Å². The van der Waals surface area contributed by atoms with Crippen molar-refractivity contribution in [3.8, 4) is 0 Å². The zero-order chi connectivity index (χ0) is 13.4. The first-order chi connectivity index (χ1) is 9.16. The quantitative estimate of drug-likeness (QED) is 0.788. The molecule has 2 bridgehead atoms. The number of fused-ring (bicyclic) bond motifs is 2. The molecule has 2 N–H and O–H groups in total. The molecule has 1 aromatic heterocycles. The molecule has 0 aromatic carbocycles. The minimum Gasteiger partial charge on any atom is -0.481 e. The highest BCUT2D eigenvalue weighted by molar-refractivity contribution is 5.95. The van der Waals surface area contributed by atoms with Gasteiger partial charge in [0.1, 0.15) is 0 Å². The van der Waals surface area contributed by atoms with Crippen molar-refractivity contribution in [2.75, 3.05) is 5.32 Å². The van der Waals surface area contributed by atoms with Crippen molar-refractivity contribution in [2.45, 2.75) is 6.42 Å². The smallest absolute Gasteiger partial charge is 0.307 e. The zero-order valence-electron chi connectivity index (χ0n) is 10.1. The molecule has 1 amide bonds. The zero-order valence-corrected chi connectivity index (χ0v) is 10.1. The fourth-order valence-corrected chi connectivity index (χ4v) is 3.07. The Morgan fingerprint density at radius 3 is 2.42 bits per heavy atom. The maximum atomic E-state index is 12.2. The number of hydrogen-bond acceptors (Lipinski definition) is 4. The number of hydrogen-bond donors (Lipinski definition) is 2. The number of amides is 1. The van der Waals surface area contributed by atoms with Gasteiger partial charge in [0.2, 0.25) is 11.9 Å². The second-order valence-electron chi connectivity index (χ2n) is 4.90. The molecule has 1 aromatic rings. The minimum atomic E-state index is -0.911. The SMILES string of the molecule is O=C(O)[C@@H]1C2C=CC(C2)[C@@H]1C(=O)Nc1ncccn1. The van der Waals surface area contributed by atoms with E-state index in [0.29, 0.717) is 0 Å². The molecule has 6 nitrogen and oxygen atoms in total. The Kier molecular flexibility index (Phi) is 2.77. The number of aliphatic carboxylic acids is 1. The molecule has 1 saturated carbocycles. The summed E-state index contributed by atoms with van der Waals surface area (Å²) in [6.07, 6.45) is 7.65. The topological polar surface area (TPSA) is 92.2 Å². The molecule has 3 rings (SSSR count). The van der Waals surface area contributed by atoms with Crippen molar-refractivity contribution < 1.29 is 14.7 Å². The van der Waals surface area contributed by atoms with Gasteiger partial charge in [-0.15, -0.1) is 0 Å². The highest BCUT2D eigenvalue weighted by Gasteiger charge is 2.51. The Balaban J connectivity index is 1.79. The molecule has 0 aliphatic heterocycles. The van der Waals surface area contributed by atoms with Crippen LogP contribution in [0.25, 0.3) is 0 Å². The first-order valence-electron chi connectivity index (χ1n) is 6.16. The first kappa shape index (κ1) is 11.8. The van der Waals surface area contributed by atoms with Gasteiger partial charge in [-0.2, -0.15) is 0 Å². The molecule has 4 atom stereocenters. The number of anilines is 1. The Hall–Kier alpha value is -2.24. The third-order valence-electron chi connectivity index (χ3n) is 3.85. The van der Waals surface area contributed by atoms with Crippen LogP contribution in [0.4, 0.5) is 5.95 Å². The summed E-state index contributed by atoms with van der Waals surface area (Å²) in [6.45, 7) is 0. The van der Waals surface area contributed by atoms with E-state index in [0.717, 1.165) is 6.42 Å². The van der Waals surface area contributed by atoms with E-state index in [4.69, 9.17) is 0 Å². The lowest BCUT2D eigenvalue weighted by Crippen LogP contribution is -2.36. The van der Waals surface area contributed by atoms with E-state index in [1.54, 1.807) is 6.07 Å². The number of carboxylic acids is 1. The van der Waals surface area contributed by atoms with E-state index in [1.165, 1.54) is 12.4 Å². The van der Waals surface area contributed by atoms with Crippen LogP contribution in [0.3, 0.4) is 0 Å². The van der Waals surface area contributed by atoms with Crippen LogP contribution in [0.1, 0.15) is 6.42 Å². The molecule has 2 aliphatic carbocycles. The summed E-state index contributed by atoms with van der Waals surface area (Å²) in [4.78, 5) is 31.4. The largest absolute Gasteiger partial charge is 0.481 e. The third kappa shape index (κ3) is 1.99. The molecule has 6 heteroatoms. The molecule has 0 radical (unpaired) electrons. The number of aromatic nitrogens is 2. The van der Waals surface area contributed by atoms with Gasteiger partial charge in [0.05, 0.1) is 11.8 Å². The van der Waals surface area contributed by atoms with Crippen molar-refractivity contribution in [2.24, 2.45) is 23.7 Å². The Bertz CT molecular complexity index is 543. The Labute approximate surface area is 109 Å². The van der Waals surface area contributed by atoms with E-state index in [1.807, 2.05) is 12.2 Å². The minimum absolute atomic E-state index is 0.00909. The summed E-state index contributed by atoms with van der Waals surface area (Å²) in [6, 6.07) is 1.65. The van der Waals surface area contributed by atoms with Crippen molar-refractivity contribution in [3.63, 3.8) is 0 Å². The predicted molar refractivity (Wildman–Crippen MR) is 66.0 cm³/mol. The van der Waals surface area contributed by atoms with Crippen molar-refractivity contribution in [1.82, 2.24) is 9.97 Å². The van der Waals surface area contributed by atoms with Crippen LogP contribution < -0.4 is 5.32 Å².